The topological polar surface area (TPSA) is 0 Å². The van der Waals surface area contributed by atoms with E-state index in [0.717, 1.165) is 5.56 Å². The molecular formula is C9H7Cl2F3S. The molecule has 0 aliphatic carbocycles. The highest BCUT2D eigenvalue weighted by Crippen LogP contribution is 2.41. The van der Waals surface area contributed by atoms with Gasteiger partial charge in [-0.05, 0) is 29.5 Å². The number of hydrogen-bond donors (Lipinski definition) is 0. The number of halogens is 5. The summed E-state index contributed by atoms with van der Waals surface area (Å²) in [6, 6.07) is 6.12. The Balaban J connectivity index is 2.73. The van der Waals surface area contributed by atoms with Gasteiger partial charge in [-0.15, -0.1) is 11.6 Å². The molecule has 0 amide bonds. The van der Waals surface area contributed by atoms with Crippen LogP contribution in [-0.2, 0) is 5.88 Å². The summed E-state index contributed by atoms with van der Waals surface area (Å²) in [6.45, 7) is 0. The van der Waals surface area contributed by atoms with Crippen molar-refractivity contribution in [1.82, 2.24) is 0 Å². The van der Waals surface area contributed by atoms with Crippen molar-refractivity contribution < 1.29 is 13.2 Å². The predicted molar refractivity (Wildman–Crippen MR) is 57.6 cm³/mol. The van der Waals surface area contributed by atoms with Gasteiger partial charge >= 0.3 is 5.25 Å². The Morgan fingerprint density at radius 2 is 1.80 bits per heavy atom. The van der Waals surface area contributed by atoms with E-state index >= 15 is 0 Å². The van der Waals surface area contributed by atoms with Gasteiger partial charge in [0.05, 0.1) is 0 Å². The second-order valence-corrected chi connectivity index (χ2v) is 4.61. The molecule has 0 spiro atoms. The van der Waals surface area contributed by atoms with E-state index in [1.165, 1.54) is 12.1 Å². The first-order chi connectivity index (χ1) is 6.95. The second kappa shape index (κ2) is 5.32. The third-order valence-corrected chi connectivity index (χ3v) is 3.28. The highest BCUT2D eigenvalue weighted by Gasteiger charge is 2.40. The first kappa shape index (κ1) is 13.0. The molecule has 0 fully saturated rings. The first-order valence-electron chi connectivity index (χ1n) is 3.95. The van der Waals surface area contributed by atoms with Crippen LogP contribution in [0.1, 0.15) is 5.56 Å². The number of hydrogen-bond acceptors (Lipinski definition) is 1. The molecule has 0 saturated carbocycles. The summed E-state index contributed by atoms with van der Waals surface area (Å²) < 4.78 is 38.0. The van der Waals surface area contributed by atoms with E-state index in [1.54, 1.807) is 12.1 Å². The zero-order valence-electron chi connectivity index (χ0n) is 7.39. The number of alkyl halides is 5. The Labute approximate surface area is 99.8 Å². The monoisotopic (exact) mass is 274 g/mol. The molecule has 1 unspecified atom stereocenters. The normalized spacial score (nSPS) is 13.9. The Hall–Kier alpha value is -0.0600. The molecule has 6 heteroatoms. The molecular weight excluding hydrogens is 268 g/mol. The summed E-state index contributed by atoms with van der Waals surface area (Å²) in [5, 5.41) is -3.62. The van der Waals surface area contributed by atoms with Gasteiger partial charge in [0.2, 0.25) is 5.63 Å². The molecule has 15 heavy (non-hydrogen) atoms. The number of thioether (sulfide) groups is 1. The Bertz CT molecular complexity index is 314. The summed E-state index contributed by atoms with van der Waals surface area (Å²) in [7, 11) is 0. The highest BCUT2D eigenvalue weighted by molar-refractivity contribution is 8.00. The van der Waals surface area contributed by atoms with Gasteiger partial charge in [-0.2, -0.15) is 8.78 Å². The fraction of sp³-hybridized carbons (Fsp3) is 0.333. The molecule has 0 saturated heterocycles. The van der Waals surface area contributed by atoms with Crippen molar-refractivity contribution >= 4 is 35.0 Å². The van der Waals surface area contributed by atoms with Crippen molar-refractivity contribution in [3.05, 3.63) is 29.8 Å². The van der Waals surface area contributed by atoms with E-state index in [2.05, 4.69) is 0 Å². The van der Waals surface area contributed by atoms with Gasteiger partial charge in [-0.3, -0.25) is 0 Å². The molecule has 0 heterocycles. The van der Waals surface area contributed by atoms with Crippen LogP contribution >= 0.6 is 35.0 Å². The van der Waals surface area contributed by atoms with Crippen LogP contribution in [0.15, 0.2) is 29.2 Å². The summed E-state index contributed by atoms with van der Waals surface area (Å²) in [4.78, 5) is 0.247. The molecule has 1 atom stereocenters. The van der Waals surface area contributed by atoms with Gasteiger partial charge < -0.3 is 0 Å². The van der Waals surface area contributed by atoms with Crippen LogP contribution in [0.2, 0.25) is 0 Å². The maximum atomic E-state index is 12.8. The number of benzene rings is 1. The van der Waals surface area contributed by atoms with Crippen LogP contribution in [0, 0.1) is 0 Å². The van der Waals surface area contributed by atoms with Crippen LogP contribution in [0.25, 0.3) is 0 Å². The fourth-order valence-electron chi connectivity index (χ4n) is 0.848. The van der Waals surface area contributed by atoms with Gasteiger partial charge in [0.15, 0.2) is 0 Å². The lowest BCUT2D eigenvalue weighted by Crippen LogP contribution is -2.20. The summed E-state index contributed by atoms with van der Waals surface area (Å²) in [6.07, 6.45) is 0. The van der Waals surface area contributed by atoms with Crippen molar-refractivity contribution in [1.29, 1.82) is 0 Å². The van der Waals surface area contributed by atoms with E-state index in [4.69, 9.17) is 23.2 Å². The maximum absolute atomic E-state index is 12.8. The quantitative estimate of drug-likeness (QED) is 0.569. The molecule has 84 valence electrons. The van der Waals surface area contributed by atoms with Gasteiger partial charge in [-0.1, -0.05) is 23.7 Å². The lowest BCUT2D eigenvalue weighted by Gasteiger charge is -2.15. The Morgan fingerprint density at radius 3 is 2.20 bits per heavy atom. The minimum absolute atomic E-state index is 0.0898. The smallest absolute Gasteiger partial charge is 0.222 e. The summed E-state index contributed by atoms with van der Waals surface area (Å²) >= 11 is 10.3. The van der Waals surface area contributed by atoms with Crippen LogP contribution in [0.5, 0.6) is 0 Å². The minimum atomic E-state index is -3.62. The van der Waals surface area contributed by atoms with Gasteiger partial charge in [-0.25, -0.2) is 4.39 Å². The highest BCUT2D eigenvalue weighted by atomic mass is 35.5. The second-order valence-electron chi connectivity index (χ2n) is 2.74. The van der Waals surface area contributed by atoms with E-state index in [0.29, 0.717) is 5.88 Å². The lowest BCUT2D eigenvalue weighted by molar-refractivity contribution is 0.0537. The van der Waals surface area contributed by atoms with Crippen molar-refractivity contribution in [2.24, 2.45) is 0 Å². The molecule has 0 N–H and O–H groups in total. The zero-order chi connectivity index (χ0) is 11.5. The minimum Gasteiger partial charge on any atom is -0.222 e. The van der Waals surface area contributed by atoms with Crippen molar-refractivity contribution in [3.8, 4) is 0 Å². The molecule has 1 rings (SSSR count). The van der Waals surface area contributed by atoms with Crippen LogP contribution < -0.4 is 0 Å². The summed E-state index contributed by atoms with van der Waals surface area (Å²) in [5.74, 6) is 0.308. The van der Waals surface area contributed by atoms with Crippen molar-refractivity contribution in [2.45, 2.75) is 21.7 Å². The van der Waals surface area contributed by atoms with E-state index in [-0.39, 0.29) is 16.7 Å². The molecule has 0 nitrogen and oxygen atoms in total. The standard InChI is InChI=1S/C9H7Cl2F3S/c10-5-6-1-3-7(4-2-6)15-9(13,14)8(11)12/h1-4,8H,5H2. The summed E-state index contributed by atoms with van der Waals surface area (Å²) in [5.41, 5.74) is -1.89. The molecule has 0 aliphatic rings. The lowest BCUT2D eigenvalue weighted by atomic mass is 10.2. The Kier molecular flexibility index (Phi) is 4.62. The van der Waals surface area contributed by atoms with E-state index in [9.17, 15) is 13.2 Å². The first-order valence-corrected chi connectivity index (χ1v) is 5.74. The molecule has 1 aromatic carbocycles. The molecule has 0 aliphatic heterocycles. The average molecular weight is 275 g/mol. The largest absolute Gasteiger partial charge is 0.342 e. The molecule has 0 radical (unpaired) electrons. The van der Waals surface area contributed by atoms with Crippen LogP contribution in [-0.4, -0.2) is 10.9 Å². The van der Waals surface area contributed by atoms with Crippen LogP contribution in [0.4, 0.5) is 13.2 Å². The number of rotatable bonds is 4. The third-order valence-electron chi connectivity index (χ3n) is 1.59. The SMILES string of the molecule is FC(Cl)C(F)(F)Sc1ccc(CCl)cc1. The van der Waals surface area contributed by atoms with Crippen LogP contribution in [0.3, 0.4) is 0 Å². The van der Waals surface area contributed by atoms with E-state index in [1.807, 2.05) is 0 Å². The van der Waals surface area contributed by atoms with Crippen molar-refractivity contribution in [2.75, 3.05) is 0 Å². The zero-order valence-corrected chi connectivity index (χ0v) is 9.72. The molecule has 0 bridgehead atoms. The predicted octanol–water partition coefficient (Wildman–Crippen LogP) is 4.64. The van der Waals surface area contributed by atoms with Gasteiger partial charge in [0.25, 0.3) is 0 Å². The molecule has 1 aromatic rings. The molecule has 0 aromatic heterocycles. The van der Waals surface area contributed by atoms with Gasteiger partial charge in [0.1, 0.15) is 0 Å². The average Bonchev–Trinajstić information content (AvgIpc) is 2.18. The van der Waals surface area contributed by atoms with Crippen molar-refractivity contribution in [3.63, 3.8) is 0 Å². The Morgan fingerprint density at radius 1 is 1.27 bits per heavy atom. The fourth-order valence-corrected chi connectivity index (χ4v) is 1.84. The van der Waals surface area contributed by atoms with E-state index < -0.39 is 10.9 Å². The maximum Gasteiger partial charge on any atom is 0.342 e. The third kappa shape index (κ3) is 3.78. The van der Waals surface area contributed by atoms with Gasteiger partial charge in [0, 0.05) is 10.8 Å².